The van der Waals surface area contributed by atoms with Crippen molar-refractivity contribution < 1.29 is 4.79 Å². The Morgan fingerprint density at radius 2 is 1.62 bits per heavy atom. The Morgan fingerprint density at radius 1 is 0.846 bits per heavy atom. The molecule has 0 bridgehead atoms. The fourth-order valence-corrected chi connectivity index (χ4v) is 4.63. The molecule has 128 valence electrons. The molecule has 2 heteroatoms. The maximum Gasteiger partial charge on any atom is 0.150 e. The molecule has 1 heterocycles. The van der Waals surface area contributed by atoms with Crippen molar-refractivity contribution in [2.75, 3.05) is 5.75 Å². The molecule has 0 aliphatic carbocycles. The summed E-state index contributed by atoms with van der Waals surface area (Å²) < 4.78 is 0. The number of carbonyl (C=O) groups is 1. The molecule has 0 spiro atoms. The number of carbonyl (C=O) groups excluding carboxylic acids is 1. The van der Waals surface area contributed by atoms with Crippen LogP contribution in [0.3, 0.4) is 0 Å². The molecule has 0 N–H and O–H groups in total. The van der Waals surface area contributed by atoms with Crippen LogP contribution in [0.25, 0.3) is 11.1 Å². The molecule has 0 saturated carbocycles. The number of aryl methyl sites for hydroxylation is 2. The third-order valence-corrected chi connectivity index (χ3v) is 5.87. The Bertz CT molecular complexity index is 1010. The van der Waals surface area contributed by atoms with Gasteiger partial charge < -0.3 is 0 Å². The lowest BCUT2D eigenvalue weighted by Gasteiger charge is -2.24. The highest BCUT2D eigenvalue weighted by Gasteiger charge is 2.22. The van der Waals surface area contributed by atoms with Gasteiger partial charge in [-0.05, 0) is 59.4 Å². The molecule has 1 aliphatic heterocycles. The first-order chi connectivity index (χ1) is 12.7. The van der Waals surface area contributed by atoms with Crippen LogP contribution in [0.2, 0.25) is 0 Å². The second-order valence-corrected chi connectivity index (χ2v) is 7.77. The Balaban J connectivity index is 1.99. The minimum atomic E-state index is 0.713. The first kappa shape index (κ1) is 16.9. The Kier molecular flexibility index (Phi) is 4.52. The van der Waals surface area contributed by atoms with Gasteiger partial charge in [0.2, 0.25) is 0 Å². The number of hydrogen-bond donors (Lipinski definition) is 0. The summed E-state index contributed by atoms with van der Waals surface area (Å²) in [5.74, 6) is 0.931. The largest absolute Gasteiger partial charge is 0.298 e. The van der Waals surface area contributed by atoms with Crippen molar-refractivity contribution in [1.29, 1.82) is 0 Å². The van der Waals surface area contributed by atoms with E-state index < -0.39 is 0 Å². The third kappa shape index (κ3) is 3.13. The fraction of sp³-hybridized carbons (Fsp3) is 0.125. The number of aldehydes is 1. The lowest BCUT2D eigenvalue weighted by atomic mass is 9.88. The number of rotatable bonds is 3. The SMILES string of the molecule is Cc1ccc(C2=C(c3cccc(C=O)c3)c3ccc(C)cc3SC2)cc1. The first-order valence-corrected chi connectivity index (χ1v) is 9.74. The van der Waals surface area contributed by atoms with Crippen LogP contribution in [0, 0.1) is 13.8 Å². The van der Waals surface area contributed by atoms with Gasteiger partial charge in [0.25, 0.3) is 0 Å². The standard InChI is InChI=1S/C24H20OS/c1-16-6-9-19(10-7-16)22-15-26-23-12-17(2)8-11-21(23)24(22)20-5-3-4-18(13-20)14-25/h3-14H,15H2,1-2H3. The van der Waals surface area contributed by atoms with Crippen LogP contribution >= 0.6 is 11.8 Å². The maximum atomic E-state index is 11.3. The van der Waals surface area contributed by atoms with E-state index in [0.717, 1.165) is 17.6 Å². The summed E-state index contributed by atoms with van der Waals surface area (Å²) in [7, 11) is 0. The number of benzene rings is 3. The Morgan fingerprint density at radius 3 is 2.38 bits per heavy atom. The quantitative estimate of drug-likeness (QED) is 0.521. The number of fused-ring (bicyclic) bond motifs is 1. The van der Waals surface area contributed by atoms with Crippen LogP contribution in [-0.2, 0) is 0 Å². The summed E-state index contributed by atoms with van der Waals surface area (Å²) in [5.41, 5.74) is 9.43. The molecule has 0 radical (unpaired) electrons. The van der Waals surface area contributed by atoms with E-state index in [4.69, 9.17) is 0 Å². The van der Waals surface area contributed by atoms with Gasteiger partial charge in [0.1, 0.15) is 6.29 Å². The topological polar surface area (TPSA) is 17.1 Å². The van der Waals surface area contributed by atoms with Gasteiger partial charge in [-0.2, -0.15) is 0 Å². The molecule has 3 aromatic rings. The zero-order valence-corrected chi connectivity index (χ0v) is 15.8. The zero-order chi connectivity index (χ0) is 18.1. The highest BCUT2D eigenvalue weighted by atomic mass is 32.2. The van der Waals surface area contributed by atoms with Crippen molar-refractivity contribution in [2.24, 2.45) is 0 Å². The summed E-state index contributed by atoms with van der Waals surface area (Å²) in [4.78, 5) is 12.6. The molecular weight excluding hydrogens is 336 g/mol. The second-order valence-electron chi connectivity index (χ2n) is 6.75. The third-order valence-electron chi connectivity index (χ3n) is 4.79. The monoisotopic (exact) mass is 356 g/mol. The van der Waals surface area contributed by atoms with Gasteiger partial charge >= 0.3 is 0 Å². The van der Waals surface area contributed by atoms with Crippen LogP contribution in [-0.4, -0.2) is 12.0 Å². The lowest BCUT2D eigenvalue weighted by molar-refractivity contribution is 0.112. The maximum absolute atomic E-state index is 11.3. The van der Waals surface area contributed by atoms with Crippen molar-refractivity contribution in [1.82, 2.24) is 0 Å². The van der Waals surface area contributed by atoms with Crippen LogP contribution in [0.1, 0.15) is 38.2 Å². The summed E-state index contributed by atoms with van der Waals surface area (Å²) in [6.45, 7) is 4.24. The van der Waals surface area contributed by atoms with E-state index in [1.165, 1.54) is 38.3 Å². The zero-order valence-electron chi connectivity index (χ0n) is 15.0. The summed E-state index contributed by atoms with van der Waals surface area (Å²) >= 11 is 1.89. The van der Waals surface area contributed by atoms with Crippen molar-refractivity contribution in [2.45, 2.75) is 18.7 Å². The van der Waals surface area contributed by atoms with Crippen LogP contribution in [0.15, 0.2) is 71.6 Å². The normalized spacial score (nSPS) is 13.5. The van der Waals surface area contributed by atoms with Gasteiger partial charge in [-0.15, -0.1) is 11.8 Å². The summed E-state index contributed by atoms with van der Waals surface area (Å²) in [6, 6.07) is 23.3. The number of hydrogen-bond acceptors (Lipinski definition) is 2. The molecule has 0 amide bonds. The summed E-state index contributed by atoms with van der Waals surface area (Å²) in [6.07, 6.45) is 0.920. The highest BCUT2D eigenvalue weighted by Crippen LogP contribution is 2.44. The molecule has 0 aromatic heterocycles. The van der Waals surface area contributed by atoms with Crippen molar-refractivity contribution in [3.63, 3.8) is 0 Å². The minimum Gasteiger partial charge on any atom is -0.298 e. The molecule has 3 aromatic carbocycles. The van der Waals surface area contributed by atoms with Crippen LogP contribution in [0.5, 0.6) is 0 Å². The van der Waals surface area contributed by atoms with E-state index in [2.05, 4.69) is 62.4 Å². The minimum absolute atomic E-state index is 0.713. The van der Waals surface area contributed by atoms with Gasteiger partial charge in [-0.3, -0.25) is 4.79 Å². The Labute approximate surface area is 158 Å². The molecule has 0 saturated heterocycles. The Hall–Kier alpha value is -2.58. The second kappa shape index (κ2) is 6.97. The van der Waals surface area contributed by atoms with Crippen molar-refractivity contribution in [3.05, 3.63) is 100 Å². The average Bonchev–Trinajstić information content (AvgIpc) is 2.67. The lowest BCUT2D eigenvalue weighted by Crippen LogP contribution is -2.04. The van der Waals surface area contributed by atoms with Gasteiger partial charge in [0, 0.05) is 16.2 Å². The van der Waals surface area contributed by atoms with Crippen molar-refractivity contribution >= 4 is 29.2 Å². The van der Waals surface area contributed by atoms with Gasteiger partial charge in [0.05, 0.1) is 0 Å². The molecule has 0 unspecified atom stereocenters. The molecule has 0 fully saturated rings. The van der Waals surface area contributed by atoms with Crippen molar-refractivity contribution in [3.8, 4) is 0 Å². The van der Waals surface area contributed by atoms with Crippen LogP contribution < -0.4 is 0 Å². The first-order valence-electron chi connectivity index (χ1n) is 8.75. The molecule has 4 rings (SSSR count). The van der Waals surface area contributed by atoms with Gasteiger partial charge in [-0.1, -0.05) is 60.2 Å². The molecular formula is C24H20OS. The van der Waals surface area contributed by atoms with E-state index in [1.807, 2.05) is 30.0 Å². The van der Waals surface area contributed by atoms with E-state index in [-0.39, 0.29) is 0 Å². The molecule has 0 atom stereocenters. The van der Waals surface area contributed by atoms with E-state index >= 15 is 0 Å². The van der Waals surface area contributed by atoms with Gasteiger partial charge in [-0.25, -0.2) is 0 Å². The smallest absolute Gasteiger partial charge is 0.150 e. The highest BCUT2D eigenvalue weighted by molar-refractivity contribution is 7.99. The number of thioether (sulfide) groups is 1. The summed E-state index contributed by atoms with van der Waals surface area (Å²) in [5, 5.41) is 0. The average molecular weight is 356 g/mol. The van der Waals surface area contributed by atoms with E-state index in [9.17, 15) is 4.79 Å². The predicted molar refractivity (Wildman–Crippen MR) is 111 cm³/mol. The molecule has 1 aliphatic rings. The predicted octanol–water partition coefficient (Wildman–Crippen LogP) is 6.18. The fourth-order valence-electron chi connectivity index (χ4n) is 3.42. The van der Waals surface area contributed by atoms with Gasteiger partial charge in [0.15, 0.2) is 0 Å². The molecule has 26 heavy (non-hydrogen) atoms. The van der Waals surface area contributed by atoms with E-state index in [0.29, 0.717) is 5.56 Å². The van der Waals surface area contributed by atoms with Crippen LogP contribution in [0.4, 0.5) is 0 Å². The molecule has 1 nitrogen and oxygen atoms in total. The van der Waals surface area contributed by atoms with E-state index in [1.54, 1.807) is 0 Å².